The molecule has 120 valence electrons. The molecule has 0 N–H and O–H groups in total. The van der Waals surface area contributed by atoms with E-state index in [2.05, 4.69) is 24.0 Å². The summed E-state index contributed by atoms with van der Waals surface area (Å²) in [5.74, 6) is 8.65. The fraction of sp³-hybridized carbons (Fsp3) is 0.190. The summed E-state index contributed by atoms with van der Waals surface area (Å²) >= 11 is 3.55. The number of hydrogen-bond donors (Lipinski definition) is 0. The SMILES string of the molecule is CC(=O)C(=C1SCCS1)C(C#Cc1ccccc1)c1ccccc1. The third kappa shape index (κ3) is 4.14. The molecule has 0 bridgehead atoms. The van der Waals surface area contributed by atoms with Gasteiger partial charge in [0, 0.05) is 26.9 Å². The first-order valence-corrected chi connectivity index (χ1v) is 9.85. The van der Waals surface area contributed by atoms with Crippen LogP contribution in [0.3, 0.4) is 0 Å². The van der Waals surface area contributed by atoms with Gasteiger partial charge in [0.1, 0.15) is 0 Å². The molecule has 0 amide bonds. The molecule has 1 fully saturated rings. The Hall–Kier alpha value is -1.89. The van der Waals surface area contributed by atoms with Crippen LogP contribution >= 0.6 is 23.5 Å². The maximum absolute atomic E-state index is 12.4. The first-order chi connectivity index (χ1) is 11.8. The number of carbonyl (C=O) groups excluding carboxylic acids is 1. The van der Waals surface area contributed by atoms with Crippen molar-refractivity contribution < 1.29 is 4.79 Å². The highest BCUT2D eigenvalue weighted by atomic mass is 32.2. The Morgan fingerprint density at radius 2 is 1.54 bits per heavy atom. The Morgan fingerprint density at radius 3 is 2.12 bits per heavy atom. The van der Waals surface area contributed by atoms with E-state index >= 15 is 0 Å². The molecule has 1 atom stereocenters. The lowest BCUT2D eigenvalue weighted by atomic mass is 9.90. The molecule has 1 saturated heterocycles. The van der Waals surface area contributed by atoms with Crippen molar-refractivity contribution in [2.75, 3.05) is 11.5 Å². The van der Waals surface area contributed by atoms with E-state index in [0.29, 0.717) is 0 Å². The van der Waals surface area contributed by atoms with E-state index in [1.807, 2.05) is 48.5 Å². The fourth-order valence-corrected chi connectivity index (χ4v) is 5.28. The molecule has 1 nitrogen and oxygen atoms in total. The molecule has 0 aromatic heterocycles. The summed E-state index contributed by atoms with van der Waals surface area (Å²) in [5, 5.41) is 0. The lowest BCUT2D eigenvalue weighted by molar-refractivity contribution is -0.113. The average Bonchev–Trinajstić information content (AvgIpc) is 3.14. The molecular formula is C21H18OS2. The first kappa shape index (κ1) is 17.0. The number of thioether (sulfide) groups is 2. The van der Waals surface area contributed by atoms with E-state index in [9.17, 15) is 4.79 Å². The second-order valence-electron chi connectivity index (χ2n) is 5.43. The summed E-state index contributed by atoms with van der Waals surface area (Å²) in [4.78, 5) is 12.4. The second-order valence-corrected chi connectivity index (χ2v) is 7.90. The predicted molar refractivity (Wildman–Crippen MR) is 105 cm³/mol. The highest BCUT2D eigenvalue weighted by molar-refractivity contribution is 8.25. The Morgan fingerprint density at radius 1 is 0.958 bits per heavy atom. The largest absolute Gasteiger partial charge is 0.295 e. The zero-order valence-corrected chi connectivity index (χ0v) is 15.1. The highest BCUT2D eigenvalue weighted by Crippen LogP contribution is 2.43. The number of ketones is 1. The summed E-state index contributed by atoms with van der Waals surface area (Å²) in [5.41, 5.74) is 2.89. The Bertz CT molecular complexity index is 790. The summed E-state index contributed by atoms with van der Waals surface area (Å²) in [6.07, 6.45) is 0. The van der Waals surface area contributed by atoms with E-state index in [4.69, 9.17) is 0 Å². The summed E-state index contributed by atoms with van der Waals surface area (Å²) < 4.78 is 1.14. The van der Waals surface area contributed by atoms with Gasteiger partial charge in [-0.05, 0) is 24.6 Å². The van der Waals surface area contributed by atoms with Crippen molar-refractivity contribution in [3.8, 4) is 11.8 Å². The molecular weight excluding hydrogens is 332 g/mol. The van der Waals surface area contributed by atoms with Crippen LogP contribution < -0.4 is 0 Å². The standard InChI is InChI=1S/C21H18OS2/c1-16(22)20(21-23-14-15-24-21)19(18-10-6-3-7-11-18)13-12-17-8-4-2-5-9-17/h2-11,19H,14-15H2,1H3. The van der Waals surface area contributed by atoms with Crippen LogP contribution in [0.5, 0.6) is 0 Å². The molecule has 24 heavy (non-hydrogen) atoms. The van der Waals surface area contributed by atoms with Gasteiger partial charge in [0.2, 0.25) is 0 Å². The third-order valence-corrected chi connectivity index (χ3v) is 6.45. The van der Waals surface area contributed by atoms with Gasteiger partial charge in [-0.2, -0.15) is 0 Å². The van der Waals surface area contributed by atoms with Gasteiger partial charge in [-0.25, -0.2) is 0 Å². The maximum Gasteiger partial charge on any atom is 0.159 e. The maximum atomic E-state index is 12.4. The number of carbonyl (C=O) groups is 1. The lowest BCUT2D eigenvalue weighted by Gasteiger charge is -2.16. The van der Waals surface area contributed by atoms with Gasteiger partial charge in [0.15, 0.2) is 5.78 Å². The fourth-order valence-electron chi connectivity index (χ4n) is 2.58. The Kier molecular flexibility index (Phi) is 5.85. The molecule has 1 aliphatic heterocycles. The lowest BCUT2D eigenvalue weighted by Crippen LogP contribution is -2.09. The smallest absolute Gasteiger partial charge is 0.159 e. The number of hydrogen-bond acceptors (Lipinski definition) is 3. The molecule has 0 radical (unpaired) electrons. The van der Waals surface area contributed by atoms with Crippen molar-refractivity contribution >= 4 is 29.3 Å². The third-order valence-electron chi connectivity index (χ3n) is 3.71. The van der Waals surface area contributed by atoms with Crippen molar-refractivity contribution in [2.45, 2.75) is 12.8 Å². The summed E-state index contributed by atoms with van der Waals surface area (Å²) in [6.45, 7) is 1.65. The van der Waals surface area contributed by atoms with E-state index in [-0.39, 0.29) is 11.7 Å². The number of Topliss-reactive ketones (excluding diaryl/α,β-unsaturated/α-hetero) is 1. The van der Waals surface area contributed by atoms with Gasteiger partial charge in [0.05, 0.1) is 5.92 Å². The van der Waals surface area contributed by atoms with Crippen LogP contribution in [0.4, 0.5) is 0 Å². The molecule has 1 unspecified atom stereocenters. The van der Waals surface area contributed by atoms with E-state index < -0.39 is 0 Å². The quantitative estimate of drug-likeness (QED) is 0.566. The Balaban J connectivity index is 2.07. The molecule has 3 heteroatoms. The van der Waals surface area contributed by atoms with Crippen LogP contribution in [0.1, 0.15) is 24.0 Å². The van der Waals surface area contributed by atoms with Gasteiger partial charge in [-0.15, -0.1) is 23.5 Å². The average molecular weight is 351 g/mol. The van der Waals surface area contributed by atoms with Crippen molar-refractivity contribution in [2.24, 2.45) is 0 Å². The van der Waals surface area contributed by atoms with Crippen LogP contribution in [0.25, 0.3) is 0 Å². The minimum atomic E-state index is -0.183. The van der Waals surface area contributed by atoms with Crippen molar-refractivity contribution in [3.63, 3.8) is 0 Å². The molecule has 0 spiro atoms. The summed E-state index contributed by atoms with van der Waals surface area (Å²) in [6, 6.07) is 20.0. The number of rotatable bonds is 3. The molecule has 3 rings (SSSR count). The topological polar surface area (TPSA) is 17.1 Å². The van der Waals surface area contributed by atoms with E-state index in [0.717, 1.165) is 32.4 Å². The molecule has 1 heterocycles. The van der Waals surface area contributed by atoms with Gasteiger partial charge in [-0.1, -0.05) is 60.4 Å². The predicted octanol–water partition coefficient (Wildman–Crippen LogP) is 5.10. The Labute approximate surface area is 151 Å². The zero-order chi connectivity index (χ0) is 16.8. The molecule has 2 aromatic rings. The van der Waals surface area contributed by atoms with Crippen molar-refractivity contribution in [1.29, 1.82) is 0 Å². The van der Waals surface area contributed by atoms with Crippen LogP contribution in [-0.4, -0.2) is 17.3 Å². The molecule has 2 aromatic carbocycles. The van der Waals surface area contributed by atoms with Crippen molar-refractivity contribution in [3.05, 3.63) is 81.6 Å². The minimum Gasteiger partial charge on any atom is -0.295 e. The van der Waals surface area contributed by atoms with Gasteiger partial charge < -0.3 is 0 Å². The summed E-state index contributed by atoms with van der Waals surface area (Å²) in [7, 11) is 0. The normalized spacial score (nSPS) is 14.6. The first-order valence-electron chi connectivity index (χ1n) is 7.88. The van der Waals surface area contributed by atoms with E-state index in [1.54, 1.807) is 30.4 Å². The zero-order valence-electron chi connectivity index (χ0n) is 13.5. The highest BCUT2D eigenvalue weighted by Gasteiger charge is 2.25. The van der Waals surface area contributed by atoms with Gasteiger partial charge in [0.25, 0.3) is 0 Å². The van der Waals surface area contributed by atoms with Crippen LogP contribution in [0.2, 0.25) is 0 Å². The second kappa shape index (κ2) is 8.28. The van der Waals surface area contributed by atoms with Gasteiger partial charge in [-0.3, -0.25) is 4.79 Å². The van der Waals surface area contributed by atoms with Crippen LogP contribution in [0.15, 0.2) is 70.5 Å². The number of benzene rings is 2. The van der Waals surface area contributed by atoms with Crippen LogP contribution in [0, 0.1) is 11.8 Å². The van der Waals surface area contributed by atoms with Crippen molar-refractivity contribution in [1.82, 2.24) is 0 Å². The van der Waals surface area contributed by atoms with Crippen LogP contribution in [-0.2, 0) is 4.79 Å². The minimum absolute atomic E-state index is 0.114. The van der Waals surface area contributed by atoms with E-state index in [1.165, 1.54) is 0 Å². The molecule has 1 aliphatic rings. The molecule has 0 saturated carbocycles. The monoisotopic (exact) mass is 350 g/mol. The number of allylic oxidation sites excluding steroid dienone is 1. The molecule has 0 aliphatic carbocycles. The van der Waals surface area contributed by atoms with Gasteiger partial charge >= 0.3 is 0 Å².